The van der Waals surface area contributed by atoms with Crippen LogP contribution in [0, 0.1) is 16.7 Å². The fraction of sp³-hybridized carbons (Fsp3) is 0.370. The fourth-order valence-corrected chi connectivity index (χ4v) is 5.41. The molecule has 1 heterocycles. The molecule has 0 saturated heterocycles. The van der Waals surface area contributed by atoms with Crippen molar-refractivity contribution in [3.8, 4) is 22.7 Å². The number of methoxy groups -OCH3 is 1. The fourth-order valence-electron chi connectivity index (χ4n) is 5.41. The van der Waals surface area contributed by atoms with E-state index in [1.165, 1.54) is 18.6 Å². The van der Waals surface area contributed by atoms with Crippen molar-refractivity contribution in [2.45, 2.75) is 40.0 Å². The highest BCUT2D eigenvalue weighted by Gasteiger charge is 2.59. The molecule has 2 atom stereocenters. The van der Waals surface area contributed by atoms with Crippen molar-refractivity contribution in [3.63, 3.8) is 0 Å². The van der Waals surface area contributed by atoms with Gasteiger partial charge in [0.1, 0.15) is 11.4 Å². The summed E-state index contributed by atoms with van der Waals surface area (Å²) < 4.78 is 7.21. The quantitative estimate of drug-likeness (QED) is 0.362. The van der Waals surface area contributed by atoms with Crippen LogP contribution < -0.4 is 4.74 Å². The lowest BCUT2D eigenvalue weighted by molar-refractivity contribution is 0.194. The van der Waals surface area contributed by atoms with Crippen molar-refractivity contribution in [1.29, 1.82) is 0 Å². The molecule has 2 unspecified atom stereocenters. The SMILES string of the molecule is COc1ccc(-c2nn(-c3ccccc3)cc2/C=N/N=C2\CC3CCC2(C)C3(C)C)cc1. The summed E-state index contributed by atoms with van der Waals surface area (Å²) in [4.78, 5) is 0. The lowest BCUT2D eigenvalue weighted by Gasteiger charge is -2.34. The summed E-state index contributed by atoms with van der Waals surface area (Å²) >= 11 is 0. The monoisotopic (exact) mass is 426 g/mol. The van der Waals surface area contributed by atoms with Crippen LogP contribution in [-0.4, -0.2) is 28.8 Å². The van der Waals surface area contributed by atoms with Crippen LogP contribution in [0.4, 0.5) is 0 Å². The van der Waals surface area contributed by atoms with Crippen LogP contribution in [0.5, 0.6) is 5.75 Å². The molecule has 2 bridgehead atoms. The van der Waals surface area contributed by atoms with E-state index in [1.807, 2.05) is 71.7 Å². The number of fused-ring (bicyclic) bond motifs is 2. The van der Waals surface area contributed by atoms with Gasteiger partial charge in [-0.05, 0) is 67.0 Å². The summed E-state index contributed by atoms with van der Waals surface area (Å²) in [6.07, 6.45) is 7.45. The molecule has 2 aromatic carbocycles. The van der Waals surface area contributed by atoms with Gasteiger partial charge >= 0.3 is 0 Å². The summed E-state index contributed by atoms with van der Waals surface area (Å²) in [5.74, 6) is 1.54. The number of para-hydroxylation sites is 1. The van der Waals surface area contributed by atoms with Gasteiger partial charge in [-0.1, -0.05) is 39.0 Å². The van der Waals surface area contributed by atoms with Crippen LogP contribution in [0.1, 0.15) is 45.6 Å². The third kappa shape index (κ3) is 3.27. The summed E-state index contributed by atoms with van der Waals surface area (Å²) in [6, 6.07) is 18.1. The molecule has 2 aliphatic rings. The maximum absolute atomic E-state index is 5.31. The molecule has 5 heteroatoms. The molecule has 32 heavy (non-hydrogen) atoms. The van der Waals surface area contributed by atoms with Crippen molar-refractivity contribution < 1.29 is 4.74 Å². The highest BCUT2D eigenvalue weighted by molar-refractivity contribution is 5.95. The number of rotatable bonds is 5. The Bertz CT molecular complexity index is 1170. The van der Waals surface area contributed by atoms with E-state index in [-0.39, 0.29) is 5.41 Å². The van der Waals surface area contributed by atoms with E-state index < -0.39 is 0 Å². The molecular weight excluding hydrogens is 396 g/mol. The van der Waals surface area contributed by atoms with Crippen LogP contribution in [0.3, 0.4) is 0 Å². The standard InChI is InChI=1S/C27H30N4O/c1-26(2)21-14-15-27(26,3)24(16-21)29-28-17-20-18-31(22-8-6-5-7-9-22)30-25(20)19-10-12-23(32-4)13-11-19/h5-13,17-18,21H,14-16H2,1-4H3/b28-17+,29-24+. The molecule has 3 aromatic rings. The molecule has 1 aromatic heterocycles. The Hall–Kier alpha value is -3.21. The molecule has 5 rings (SSSR count). The van der Waals surface area contributed by atoms with Crippen LogP contribution in [0.15, 0.2) is 71.0 Å². The molecular formula is C27H30N4O. The zero-order valence-electron chi connectivity index (χ0n) is 19.2. The average molecular weight is 427 g/mol. The van der Waals surface area contributed by atoms with Crippen LogP contribution in [0.2, 0.25) is 0 Å². The number of ether oxygens (including phenoxy) is 1. The molecule has 164 valence electrons. The van der Waals surface area contributed by atoms with Crippen molar-refractivity contribution in [2.75, 3.05) is 7.11 Å². The summed E-state index contributed by atoms with van der Waals surface area (Å²) in [7, 11) is 1.67. The number of hydrogen-bond acceptors (Lipinski definition) is 4. The zero-order chi connectivity index (χ0) is 22.3. The summed E-state index contributed by atoms with van der Waals surface area (Å²) in [5, 5.41) is 14.2. The Morgan fingerprint density at radius 2 is 1.81 bits per heavy atom. The van der Waals surface area contributed by atoms with E-state index in [0.29, 0.717) is 5.41 Å². The number of aromatic nitrogens is 2. The van der Waals surface area contributed by atoms with Crippen molar-refractivity contribution >= 4 is 11.9 Å². The van der Waals surface area contributed by atoms with Gasteiger partial charge in [0.25, 0.3) is 0 Å². The maximum Gasteiger partial charge on any atom is 0.118 e. The third-order valence-corrected chi connectivity index (χ3v) is 8.01. The Labute approximate surface area is 189 Å². The highest BCUT2D eigenvalue weighted by Crippen LogP contribution is 2.64. The number of nitrogens with zero attached hydrogens (tertiary/aromatic N) is 4. The summed E-state index contributed by atoms with van der Waals surface area (Å²) in [6.45, 7) is 7.15. The minimum atomic E-state index is 0.155. The predicted molar refractivity (Wildman–Crippen MR) is 130 cm³/mol. The molecule has 2 saturated carbocycles. The molecule has 0 aliphatic heterocycles. The van der Waals surface area contributed by atoms with E-state index in [9.17, 15) is 0 Å². The minimum absolute atomic E-state index is 0.155. The smallest absolute Gasteiger partial charge is 0.118 e. The first kappa shape index (κ1) is 20.7. The molecule has 0 radical (unpaired) electrons. The topological polar surface area (TPSA) is 51.8 Å². The van der Waals surface area contributed by atoms with Gasteiger partial charge < -0.3 is 4.74 Å². The second-order valence-electron chi connectivity index (χ2n) is 9.73. The zero-order valence-corrected chi connectivity index (χ0v) is 19.2. The van der Waals surface area contributed by atoms with Crippen LogP contribution in [0.25, 0.3) is 16.9 Å². The van der Waals surface area contributed by atoms with E-state index in [4.69, 9.17) is 14.9 Å². The second kappa shape index (κ2) is 7.73. The van der Waals surface area contributed by atoms with Gasteiger partial charge in [0.05, 0.1) is 19.0 Å². The molecule has 0 N–H and O–H groups in total. The maximum atomic E-state index is 5.31. The van der Waals surface area contributed by atoms with E-state index in [2.05, 4.69) is 25.9 Å². The van der Waals surface area contributed by atoms with E-state index >= 15 is 0 Å². The van der Waals surface area contributed by atoms with Crippen molar-refractivity contribution in [1.82, 2.24) is 9.78 Å². The average Bonchev–Trinajstić information content (AvgIpc) is 3.39. The third-order valence-electron chi connectivity index (χ3n) is 8.01. The first-order valence-corrected chi connectivity index (χ1v) is 11.3. The first-order chi connectivity index (χ1) is 15.4. The normalized spacial score (nSPS) is 25.1. The van der Waals surface area contributed by atoms with Gasteiger partial charge in [0.15, 0.2) is 0 Å². The van der Waals surface area contributed by atoms with Gasteiger partial charge in [-0.25, -0.2) is 4.68 Å². The predicted octanol–water partition coefficient (Wildman–Crippen LogP) is 6.17. The molecule has 2 fully saturated rings. The van der Waals surface area contributed by atoms with Crippen molar-refractivity contribution in [2.24, 2.45) is 27.0 Å². The lowest BCUT2D eigenvalue weighted by atomic mass is 9.70. The Morgan fingerprint density at radius 3 is 2.44 bits per heavy atom. The Balaban J connectivity index is 1.50. The Kier molecular flexibility index (Phi) is 5.00. The molecule has 2 aliphatic carbocycles. The second-order valence-corrected chi connectivity index (χ2v) is 9.73. The van der Waals surface area contributed by atoms with Crippen LogP contribution in [-0.2, 0) is 0 Å². The van der Waals surface area contributed by atoms with E-state index in [1.54, 1.807) is 7.11 Å². The largest absolute Gasteiger partial charge is 0.497 e. The number of hydrogen-bond donors (Lipinski definition) is 0. The van der Waals surface area contributed by atoms with Gasteiger partial charge in [-0.15, -0.1) is 0 Å². The van der Waals surface area contributed by atoms with Crippen molar-refractivity contribution in [3.05, 3.63) is 66.4 Å². The first-order valence-electron chi connectivity index (χ1n) is 11.3. The van der Waals surface area contributed by atoms with Gasteiger partial charge in [-0.2, -0.15) is 15.3 Å². The highest BCUT2D eigenvalue weighted by atomic mass is 16.5. The molecule has 0 amide bonds. The Morgan fingerprint density at radius 1 is 1.06 bits per heavy atom. The minimum Gasteiger partial charge on any atom is -0.497 e. The van der Waals surface area contributed by atoms with Gasteiger partial charge in [0, 0.05) is 28.5 Å². The van der Waals surface area contributed by atoms with E-state index in [0.717, 1.165) is 40.6 Å². The van der Waals surface area contributed by atoms with Gasteiger partial charge in [0.2, 0.25) is 0 Å². The lowest BCUT2D eigenvalue weighted by Crippen LogP contribution is -2.32. The summed E-state index contributed by atoms with van der Waals surface area (Å²) in [5.41, 5.74) is 5.54. The molecule has 0 spiro atoms. The van der Waals surface area contributed by atoms with Gasteiger partial charge in [-0.3, -0.25) is 0 Å². The van der Waals surface area contributed by atoms with Crippen LogP contribution >= 0.6 is 0 Å². The molecule has 5 nitrogen and oxygen atoms in total. The number of benzene rings is 2.